The summed E-state index contributed by atoms with van der Waals surface area (Å²) in [5.41, 5.74) is 0.425. The number of hydrogen-bond donors (Lipinski definition) is 2. The minimum absolute atomic E-state index is 0.0485. The molecule has 10 heteroatoms. The van der Waals surface area contributed by atoms with Crippen molar-refractivity contribution < 1.29 is 22.7 Å². The van der Waals surface area contributed by atoms with Gasteiger partial charge in [-0.25, -0.2) is 22.7 Å². The van der Waals surface area contributed by atoms with Crippen LogP contribution in [0.1, 0.15) is 39.2 Å². The van der Waals surface area contributed by atoms with Crippen LogP contribution in [0.25, 0.3) is 0 Å². The van der Waals surface area contributed by atoms with Gasteiger partial charge in [-0.05, 0) is 65.8 Å². The highest BCUT2D eigenvalue weighted by Crippen LogP contribution is 2.12. The largest absolute Gasteiger partial charge is 0.444 e. The van der Waals surface area contributed by atoms with Crippen molar-refractivity contribution >= 4 is 22.1 Å². The summed E-state index contributed by atoms with van der Waals surface area (Å²) in [7, 11) is -3.89. The fourth-order valence-corrected chi connectivity index (χ4v) is 4.07. The Bertz CT molecular complexity index is 850. The van der Waals surface area contributed by atoms with Gasteiger partial charge in [0.05, 0.1) is 4.90 Å². The molecule has 1 aromatic carbocycles. The molecule has 0 saturated carbocycles. The van der Waals surface area contributed by atoms with Gasteiger partial charge in [0, 0.05) is 26.2 Å². The lowest BCUT2D eigenvalue weighted by atomic mass is 10.2. The predicted octanol–water partition coefficient (Wildman–Crippen LogP) is 2.32. The van der Waals surface area contributed by atoms with Gasteiger partial charge in [0.1, 0.15) is 5.60 Å². The lowest BCUT2D eigenvalue weighted by Gasteiger charge is -2.26. The molecule has 0 aromatic heterocycles. The number of ether oxygens (including phenoxy) is 1. The van der Waals surface area contributed by atoms with Gasteiger partial charge < -0.3 is 19.9 Å². The van der Waals surface area contributed by atoms with Crippen LogP contribution in [0.15, 0.2) is 29.2 Å². The predicted molar refractivity (Wildman–Crippen MR) is 118 cm³/mol. The van der Waals surface area contributed by atoms with Crippen molar-refractivity contribution in [2.45, 2.75) is 51.0 Å². The third-order valence-corrected chi connectivity index (χ3v) is 6.08. The molecule has 1 aliphatic heterocycles. The second kappa shape index (κ2) is 10.8. The highest BCUT2D eigenvalue weighted by atomic mass is 32.2. The molecule has 2 rings (SSSR count). The lowest BCUT2D eigenvalue weighted by molar-refractivity contribution is 0.0257. The third-order valence-electron chi connectivity index (χ3n) is 4.74. The van der Waals surface area contributed by atoms with Crippen LogP contribution in [-0.4, -0.2) is 75.2 Å². The minimum Gasteiger partial charge on any atom is -0.444 e. The van der Waals surface area contributed by atoms with Crippen LogP contribution in [0, 0.1) is 6.92 Å². The maximum Gasteiger partial charge on any atom is 0.410 e. The fourth-order valence-electron chi connectivity index (χ4n) is 3.14. The van der Waals surface area contributed by atoms with Crippen LogP contribution < -0.4 is 10.0 Å². The molecule has 0 spiro atoms. The average Bonchev–Trinajstić information content (AvgIpc) is 2.90. The van der Waals surface area contributed by atoms with Crippen LogP contribution in [0.3, 0.4) is 0 Å². The molecular weight excluding hydrogens is 420 g/mol. The molecule has 9 nitrogen and oxygen atoms in total. The van der Waals surface area contributed by atoms with Gasteiger partial charge in [-0.3, -0.25) is 0 Å². The van der Waals surface area contributed by atoms with E-state index in [0.717, 1.165) is 31.6 Å². The summed E-state index contributed by atoms with van der Waals surface area (Å²) in [6.45, 7) is 11.3. The normalized spacial score (nSPS) is 15.8. The summed E-state index contributed by atoms with van der Waals surface area (Å²) < 4.78 is 31.9. The molecule has 1 fully saturated rings. The number of rotatable bonds is 6. The quantitative estimate of drug-likeness (QED) is 0.639. The van der Waals surface area contributed by atoms with Crippen molar-refractivity contribution in [1.29, 1.82) is 0 Å². The summed E-state index contributed by atoms with van der Waals surface area (Å²) in [6, 6.07) is 5.54. The second-order valence-electron chi connectivity index (χ2n) is 8.69. The maximum absolute atomic E-state index is 12.2. The standard InChI is InChI=1S/C21H34N4O5S/c1-17-7-9-18(10-8-17)31(28,29)23-19(26)22-11-5-12-24-13-6-14-25(16-15-24)20(27)30-21(2,3)4/h7-10H,5-6,11-16H2,1-4H3,(H2,22,23,26). The first-order valence-corrected chi connectivity index (χ1v) is 12.0. The van der Waals surface area contributed by atoms with Crippen molar-refractivity contribution in [3.63, 3.8) is 0 Å². The number of urea groups is 1. The number of hydrogen-bond acceptors (Lipinski definition) is 6. The maximum atomic E-state index is 12.2. The summed E-state index contributed by atoms with van der Waals surface area (Å²) in [6.07, 6.45) is 1.23. The van der Waals surface area contributed by atoms with Gasteiger partial charge in [0.15, 0.2) is 0 Å². The SMILES string of the molecule is Cc1ccc(S(=O)(=O)NC(=O)NCCCN2CCCN(C(=O)OC(C)(C)C)CC2)cc1. The molecule has 2 N–H and O–H groups in total. The fraction of sp³-hybridized carbons (Fsp3) is 0.619. The summed E-state index contributed by atoms with van der Waals surface area (Å²) in [5, 5.41) is 2.59. The molecule has 1 saturated heterocycles. The Morgan fingerprint density at radius 1 is 1.06 bits per heavy atom. The van der Waals surface area contributed by atoms with E-state index < -0.39 is 21.7 Å². The van der Waals surface area contributed by atoms with E-state index >= 15 is 0 Å². The molecule has 174 valence electrons. The summed E-state index contributed by atoms with van der Waals surface area (Å²) in [4.78, 5) is 28.2. The van der Waals surface area contributed by atoms with Gasteiger partial charge in [-0.2, -0.15) is 0 Å². The Morgan fingerprint density at radius 2 is 1.74 bits per heavy atom. The van der Waals surface area contributed by atoms with Crippen LogP contribution in [0.4, 0.5) is 9.59 Å². The molecule has 0 atom stereocenters. The first-order valence-electron chi connectivity index (χ1n) is 10.5. The Kier molecular flexibility index (Phi) is 8.69. The number of carbonyl (C=O) groups excluding carboxylic acids is 2. The van der Waals surface area contributed by atoms with Crippen molar-refractivity contribution in [3.05, 3.63) is 29.8 Å². The van der Waals surface area contributed by atoms with Gasteiger partial charge in [0.2, 0.25) is 0 Å². The zero-order valence-electron chi connectivity index (χ0n) is 18.8. The molecule has 0 aliphatic carbocycles. The first kappa shape index (κ1) is 24.9. The van der Waals surface area contributed by atoms with Crippen LogP contribution >= 0.6 is 0 Å². The molecule has 0 radical (unpaired) electrons. The van der Waals surface area contributed by atoms with Crippen LogP contribution in [0.5, 0.6) is 0 Å². The average molecular weight is 455 g/mol. The zero-order valence-corrected chi connectivity index (χ0v) is 19.6. The smallest absolute Gasteiger partial charge is 0.410 e. The Morgan fingerprint density at radius 3 is 2.39 bits per heavy atom. The van der Waals surface area contributed by atoms with Crippen LogP contribution in [-0.2, 0) is 14.8 Å². The van der Waals surface area contributed by atoms with Gasteiger partial charge >= 0.3 is 12.1 Å². The van der Waals surface area contributed by atoms with Crippen molar-refractivity contribution in [1.82, 2.24) is 19.8 Å². The van der Waals surface area contributed by atoms with E-state index in [4.69, 9.17) is 4.74 Å². The Labute approximate surface area is 185 Å². The highest BCUT2D eigenvalue weighted by molar-refractivity contribution is 7.90. The lowest BCUT2D eigenvalue weighted by Crippen LogP contribution is -2.41. The Hall–Kier alpha value is -2.33. The van der Waals surface area contributed by atoms with Crippen LogP contribution in [0.2, 0.25) is 0 Å². The van der Waals surface area contributed by atoms with E-state index in [1.54, 1.807) is 17.0 Å². The Balaban J connectivity index is 1.69. The number of amides is 3. The van der Waals surface area contributed by atoms with E-state index in [2.05, 4.69) is 10.2 Å². The van der Waals surface area contributed by atoms with Crippen molar-refractivity contribution in [3.8, 4) is 0 Å². The number of aryl methyl sites for hydroxylation is 1. The van der Waals surface area contributed by atoms with E-state index in [0.29, 0.717) is 26.1 Å². The molecule has 3 amide bonds. The zero-order chi connectivity index (χ0) is 23.1. The summed E-state index contributed by atoms with van der Waals surface area (Å²) in [5.74, 6) is 0. The van der Waals surface area contributed by atoms with Gasteiger partial charge in [0.25, 0.3) is 10.0 Å². The molecular formula is C21H34N4O5S. The van der Waals surface area contributed by atoms with Crippen molar-refractivity contribution in [2.75, 3.05) is 39.3 Å². The summed E-state index contributed by atoms with van der Waals surface area (Å²) >= 11 is 0. The molecule has 1 heterocycles. The number of carbonyl (C=O) groups is 2. The second-order valence-corrected chi connectivity index (χ2v) is 10.4. The number of nitrogens with one attached hydrogen (secondary N) is 2. The van der Waals surface area contributed by atoms with Gasteiger partial charge in [-0.1, -0.05) is 17.7 Å². The number of nitrogens with zero attached hydrogens (tertiary/aromatic N) is 2. The monoisotopic (exact) mass is 454 g/mol. The van der Waals surface area contributed by atoms with Crippen molar-refractivity contribution in [2.24, 2.45) is 0 Å². The van der Waals surface area contributed by atoms with Gasteiger partial charge in [-0.15, -0.1) is 0 Å². The minimum atomic E-state index is -3.89. The molecule has 0 bridgehead atoms. The van der Waals surface area contributed by atoms with E-state index in [9.17, 15) is 18.0 Å². The number of benzene rings is 1. The molecule has 1 aromatic rings. The van der Waals surface area contributed by atoms with E-state index in [-0.39, 0.29) is 11.0 Å². The van der Waals surface area contributed by atoms with E-state index in [1.807, 2.05) is 32.4 Å². The topological polar surface area (TPSA) is 108 Å². The number of sulfonamides is 1. The first-order chi connectivity index (χ1) is 14.5. The van der Waals surface area contributed by atoms with E-state index in [1.165, 1.54) is 12.1 Å². The molecule has 1 aliphatic rings. The molecule has 0 unspecified atom stereocenters. The molecule has 31 heavy (non-hydrogen) atoms. The third kappa shape index (κ3) is 8.74. The highest BCUT2D eigenvalue weighted by Gasteiger charge is 2.24.